The zero-order chi connectivity index (χ0) is 21.2. The van der Waals surface area contributed by atoms with Crippen LogP contribution in [-0.2, 0) is 4.74 Å². The molecule has 1 amide bonds. The molecular formula is C22H20N6O3. The zero-order valence-corrected chi connectivity index (χ0v) is 16.6. The van der Waals surface area contributed by atoms with Crippen LogP contribution in [0.2, 0.25) is 0 Å². The van der Waals surface area contributed by atoms with E-state index in [4.69, 9.17) is 19.8 Å². The third-order valence-electron chi connectivity index (χ3n) is 5.11. The molecule has 1 saturated heterocycles. The molecule has 0 atom stereocenters. The van der Waals surface area contributed by atoms with E-state index in [0.29, 0.717) is 30.4 Å². The quantitative estimate of drug-likeness (QED) is 0.525. The Morgan fingerprint density at radius 3 is 2.45 bits per heavy atom. The predicted octanol–water partition coefficient (Wildman–Crippen LogP) is 3.41. The normalized spacial score (nSPS) is 14.0. The largest absolute Gasteiger partial charge is 0.465 e. The number of nitrogens with zero attached hydrogens (tertiary/aromatic N) is 5. The number of nitrogens with one attached hydrogen (secondary N) is 1. The van der Waals surface area contributed by atoms with Crippen LogP contribution in [0.5, 0.6) is 0 Å². The minimum absolute atomic E-state index is 0.486. The molecule has 31 heavy (non-hydrogen) atoms. The summed E-state index contributed by atoms with van der Waals surface area (Å²) in [4.78, 5) is 22.7. The first-order valence-electron chi connectivity index (χ1n) is 9.93. The van der Waals surface area contributed by atoms with E-state index in [1.165, 1.54) is 0 Å². The summed E-state index contributed by atoms with van der Waals surface area (Å²) in [6.07, 6.45) is 0.698. The topological polar surface area (TPSA) is 105 Å². The number of hydrogen-bond acceptors (Lipinski definition) is 6. The van der Waals surface area contributed by atoms with Crippen LogP contribution in [0, 0.1) is 0 Å². The van der Waals surface area contributed by atoms with Crippen molar-refractivity contribution in [3.63, 3.8) is 0 Å². The molecule has 0 saturated carbocycles. The van der Waals surface area contributed by atoms with Crippen LogP contribution in [0.4, 0.5) is 16.3 Å². The first kappa shape index (κ1) is 19.0. The van der Waals surface area contributed by atoms with Crippen molar-refractivity contribution in [3.8, 4) is 17.1 Å². The number of carbonyl (C=O) groups is 1. The van der Waals surface area contributed by atoms with E-state index in [2.05, 4.69) is 15.3 Å². The van der Waals surface area contributed by atoms with Gasteiger partial charge in [0.25, 0.3) is 0 Å². The van der Waals surface area contributed by atoms with E-state index in [9.17, 15) is 4.79 Å². The van der Waals surface area contributed by atoms with E-state index in [1.807, 2.05) is 35.0 Å². The van der Waals surface area contributed by atoms with Crippen molar-refractivity contribution in [2.75, 3.05) is 36.5 Å². The number of para-hydroxylation sites is 1. The highest BCUT2D eigenvalue weighted by Gasteiger charge is 2.21. The molecule has 0 unspecified atom stereocenters. The van der Waals surface area contributed by atoms with Gasteiger partial charge in [0.1, 0.15) is 5.82 Å². The van der Waals surface area contributed by atoms with Crippen molar-refractivity contribution in [1.29, 1.82) is 0 Å². The molecule has 3 heterocycles. The van der Waals surface area contributed by atoms with E-state index < -0.39 is 6.09 Å². The van der Waals surface area contributed by atoms with Gasteiger partial charge in [-0.15, -0.1) is 0 Å². The average molecular weight is 416 g/mol. The van der Waals surface area contributed by atoms with Crippen LogP contribution in [0.3, 0.4) is 0 Å². The number of ether oxygens (including phenoxy) is 1. The maximum atomic E-state index is 10.9. The van der Waals surface area contributed by atoms with E-state index in [-0.39, 0.29) is 0 Å². The van der Waals surface area contributed by atoms with Crippen molar-refractivity contribution in [1.82, 2.24) is 19.7 Å². The molecule has 0 aliphatic carbocycles. The molecule has 5 rings (SSSR count). The minimum atomic E-state index is -1.10. The van der Waals surface area contributed by atoms with Crippen molar-refractivity contribution < 1.29 is 14.6 Å². The summed E-state index contributed by atoms with van der Waals surface area (Å²) in [5.74, 6) is 1.37. The van der Waals surface area contributed by atoms with Crippen LogP contribution in [0.25, 0.3) is 28.1 Å². The summed E-state index contributed by atoms with van der Waals surface area (Å²) in [6.45, 7) is 2.76. The Hall–Kier alpha value is -3.98. The van der Waals surface area contributed by atoms with Gasteiger partial charge in [0.2, 0.25) is 0 Å². The molecule has 0 radical (unpaired) electrons. The Bertz CT molecular complexity index is 1220. The monoisotopic (exact) mass is 416 g/mol. The van der Waals surface area contributed by atoms with Crippen molar-refractivity contribution in [2.24, 2.45) is 0 Å². The van der Waals surface area contributed by atoms with E-state index >= 15 is 0 Å². The van der Waals surface area contributed by atoms with Crippen LogP contribution >= 0.6 is 0 Å². The molecule has 2 aromatic carbocycles. The summed E-state index contributed by atoms with van der Waals surface area (Å²) in [7, 11) is 0. The molecule has 9 nitrogen and oxygen atoms in total. The Balaban J connectivity index is 1.64. The van der Waals surface area contributed by atoms with Gasteiger partial charge in [-0.3, -0.25) is 5.32 Å². The van der Waals surface area contributed by atoms with Gasteiger partial charge in [-0.1, -0.05) is 18.2 Å². The third-order valence-corrected chi connectivity index (χ3v) is 5.11. The fourth-order valence-corrected chi connectivity index (χ4v) is 3.62. The number of carboxylic acid groups (broad SMARTS) is 1. The lowest BCUT2D eigenvalue weighted by Gasteiger charge is -2.28. The standard InChI is InChI=1S/C22H20N6O3/c29-22(30)24-16-8-6-15(7-9-16)19-25-20(27-10-12-31-13-11-27)18-14-23-28(21(18)26-19)17-4-2-1-3-5-17/h1-9,14,24H,10-13H2,(H,29,30). The molecule has 4 aromatic rings. The Morgan fingerprint density at radius 1 is 1.00 bits per heavy atom. The lowest BCUT2D eigenvalue weighted by Crippen LogP contribution is -2.37. The summed E-state index contributed by atoms with van der Waals surface area (Å²) in [5, 5.41) is 16.7. The van der Waals surface area contributed by atoms with Crippen LogP contribution in [-0.4, -0.2) is 57.3 Å². The van der Waals surface area contributed by atoms with E-state index in [0.717, 1.165) is 35.5 Å². The summed E-state index contributed by atoms with van der Waals surface area (Å²) in [6, 6.07) is 16.8. The van der Waals surface area contributed by atoms with Gasteiger partial charge in [0.05, 0.1) is 30.5 Å². The molecule has 2 aromatic heterocycles. The van der Waals surface area contributed by atoms with Crippen molar-refractivity contribution in [3.05, 3.63) is 60.8 Å². The molecule has 0 spiro atoms. The second-order valence-corrected chi connectivity index (χ2v) is 7.11. The smallest absolute Gasteiger partial charge is 0.409 e. The molecule has 156 valence electrons. The lowest BCUT2D eigenvalue weighted by atomic mass is 10.2. The number of rotatable bonds is 4. The molecular weight excluding hydrogens is 396 g/mol. The summed E-state index contributed by atoms with van der Waals surface area (Å²) >= 11 is 0. The highest BCUT2D eigenvalue weighted by Crippen LogP contribution is 2.30. The SMILES string of the molecule is O=C(O)Nc1ccc(-c2nc(N3CCOCC3)c3cnn(-c4ccccc4)c3n2)cc1. The maximum Gasteiger partial charge on any atom is 0.409 e. The van der Waals surface area contributed by atoms with E-state index in [1.54, 1.807) is 30.5 Å². The van der Waals surface area contributed by atoms with Gasteiger partial charge in [0.15, 0.2) is 11.5 Å². The number of fused-ring (bicyclic) bond motifs is 1. The predicted molar refractivity (Wildman–Crippen MR) is 117 cm³/mol. The maximum absolute atomic E-state index is 10.9. The Morgan fingerprint density at radius 2 is 1.74 bits per heavy atom. The molecule has 9 heteroatoms. The second-order valence-electron chi connectivity index (χ2n) is 7.11. The summed E-state index contributed by atoms with van der Waals surface area (Å²) in [5.41, 5.74) is 2.90. The highest BCUT2D eigenvalue weighted by molar-refractivity contribution is 5.90. The zero-order valence-electron chi connectivity index (χ0n) is 16.6. The van der Waals surface area contributed by atoms with Crippen molar-refractivity contribution in [2.45, 2.75) is 0 Å². The van der Waals surface area contributed by atoms with Gasteiger partial charge < -0.3 is 14.7 Å². The molecule has 2 N–H and O–H groups in total. The molecule has 0 bridgehead atoms. The molecule has 1 fully saturated rings. The first-order chi connectivity index (χ1) is 15.2. The number of hydrogen-bond donors (Lipinski definition) is 2. The second kappa shape index (κ2) is 8.04. The number of benzene rings is 2. The summed E-state index contributed by atoms with van der Waals surface area (Å²) < 4.78 is 7.32. The number of aromatic nitrogens is 4. The van der Waals surface area contributed by atoms with Gasteiger partial charge in [0, 0.05) is 24.3 Å². The van der Waals surface area contributed by atoms with Crippen LogP contribution in [0.1, 0.15) is 0 Å². The van der Waals surface area contributed by atoms with Gasteiger partial charge in [-0.2, -0.15) is 5.10 Å². The average Bonchev–Trinajstić information content (AvgIpc) is 3.24. The highest BCUT2D eigenvalue weighted by atomic mass is 16.5. The first-order valence-corrected chi connectivity index (χ1v) is 9.93. The van der Waals surface area contributed by atoms with Crippen molar-refractivity contribution >= 4 is 28.6 Å². The fraction of sp³-hybridized carbons (Fsp3) is 0.182. The number of amides is 1. The van der Waals surface area contributed by atoms with Gasteiger partial charge in [-0.05, 0) is 36.4 Å². The third kappa shape index (κ3) is 3.78. The number of morpholine rings is 1. The Labute approximate surface area is 177 Å². The Kier molecular flexibility index (Phi) is 4.93. The minimum Gasteiger partial charge on any atom is -0.465 e. The number of anilines is 2. The molecule has 1 aliphatic rings. The van der Waals surface area contributed by atoms with Crippen LogP contribution in [0.15, 0.2) is 60.8 Å². The van der Waals surface area contributed by atoms with Gasteiger partial charge in [-0.25, -0.2) is 19.4 Å². The van der Waals surface area contributed by atoms with Crippen LogP contribution < -0.4 is 10.2 Å². The molecule has 1 aliphatic heterocycles. The lowest BCUT2D eigenvalue weighted by molar-refractivity contribution is 0.122. The fourth-order valence-electron chi connectivity index (χ4n) is 3.62. The van der Waals surface area contributed by atoms with Gasteiger partial charge >= 0.3 is 6.09 Å².